The van der Waals surface area contributed by atoms with Crippen LogP contribution in [0.5, 0.6) is 5.75 Å². The molecule has 1 saturated heterocycles. The van der Waals surface area contributed by atoms with Gasteiger partial charge in [-0.1, -0.05) is 29.8 Å². The van der Waals surface area contributed by atoms with E-state index in [1.165, 1.54) is 4.31 Å². The molecule has 1 atom stereocenters. The topological polar surface area (TPSA) is 66.9 Å². The van der Waals surface area contributed by atoms with E-state index < -0.39 is 16.1 Å². The third-order valence-electron chi connectivity index (χ3n) is 4.90. The molecular formula is C19H19ClN2O4S. The Labute approximate surface area is 163 Å². The second-order valence-electron chi connectivity index (χ2n) is 6.61. The van der Waals surface area contributed by atoms with Gasteiger partial charge in [0.05, 0.1) is 4.90 Å². The number of hydrogen-bond donors (Lipinski definition) is 0. The van der Waals surface area contributed by atoms with E-state index in [2.05, 4.69) is 0 Å². The summed E-state index contributed by atoms with van der Waals surface area (Å²) in [4.78, 5) is 14.7. The van der Waals surface area contributed by atoms with E-state index >= 15 is 0 Å². The third kappa shape index (κ3) is 3.54. The van der Waals surface area contributed by atoms with E-state index in [1.807, 2.05) is 6.07 Å². The van der Waals surface area contributed by atoms with Crippen molar-refractivity contribution in [2.75, 3.05) is 26.2 Å². The summed E-state index contributed by atoms with van der Waals surface area (Å²) in [6, 6.07) is 13.7. The number of nitrogens with zero attached hydrogens (tertiary/aromatic N) is 2. The maximum Gasteiger partial charge on any atom is 0.264 e. The van der Waals surface area contributed by atoms with Crippen LogP contribution in [0.15, 0.2) is 53.4 Å². The number of carbonyl (C=O) groups is 1. The fraction of sp³-hybridized carbons (Fsp3) is 0.316. The number of rotatable bonds is 3. The molecule has 0 radical (unpaired) electrons. The van der Waals surface area contributed by atoms with Crippen molar-refractivity contribution in [3.63, 3.8) is 0 Å². The molecule has 1 fully saturated rings. The van der Waals surface area contributed by atoms with Crippen LogP contribution in [0.1, 0.15) is 5.56 Å². The Morgan fingerprint density at radius 3 is 2.44 bits per heavy atom. The lowest BCUT2D eigenvalue weighted by Gasteiger charge is -2.35. The van der Waals surface area contributed by atoms with Gasteiger partial charge in [0.1, 0.15) is 5.75 Å². The highest BCUT2D eigenvalue weighted by atomic mass is 35.5. The number of ether oxygens (including phenoxy) is 1. The zero-order valence-corrected chi connectivity index (χ0v) is 16.1. The monoisotopic (exact) mass is 406 g/mol. The van der Waals surface area contributed by atoms with Gasteiger partial charge < -0.3 is 9.64 Å². The number of amides is 1. The van der Waals surface area contributed by atoms with E-state index in [4.69, 9.17) is 16.3 Å². The number of halogens is 1. The molecule has 0 bridgehead atoms. The highest BCUT2D eigenvalue weighted by molar-refractivity contribution is 7.89. The van der Waals surface area contributed by atoms with Gasteiger partial charge in [0.15, 0.2) is 6.10 Å². The SMILES string of the molecule is O=C(C1Cc2cc(Cl)ccc2O1)N1CCN(S(=O)(=O)c2ccccc2)CC1. The molecule has 2 aliphatic rings. The Kier molecular flexibility index (Phi) is 4.84. The minimum absolute atomic E-state index is 0.112. The van der Waals surface area contributed by atoms with E-state index in [0.717, 1.165) is 5.56 Å². The van der Waals surface area contributed by atoms with Crippen LogP contribution in [-0.4, -0.2) is 55.8 Å². The Morgan fingerprint density at radius 2 is 1.74 bits per heavy atom. The zero-order chi connectivity index (χ0) is 19.0. The molecule has 0 spiro atoms. The summed E-state index contributed by atoms with van der Waals surface area (Å²) in [7, 11) is -3.53. The quantitative estimate of drug-likeness (QED) is 0.783. The van der Waals surface area contributed by atoms with Crippen LogP contribution in [0.4, 0.5) is 0 Å². The predicted octanol–water partition coefficient (Wildman–Crippen LogP) is 2.18. The fourth-order valence-electron chi connectivity index (χ4n) is 3.45. The molecule has 4 rings (SSSR count). The Bertz CT molecular complexity index is 957. The Morgan fingerprint density at radius 1 is 1.04 bits per heavy atom. The summed E-state index contributed by atoms with van der Waals surface area (Å²) in [6.45, 7) is 1.24. The number of sulfonamides is 1. The standard InChI is InChI=1S/C19H19ClN2O4S/c20-15-6-7-17-14(12-15)13-18(26-17)19(23)21-8-10-22(11-9-21)27(24,25)16-4-2-1-3-5-16/h1-7,12,18H,8-11,13H2. The van der Waals surface area contributed by atoms with Gasteiger partial charge in [-0.3, -0.25) is 4.79 Å². The lowest BCUT2D eigenvalue weighted by molar-refractivity contribution is -0.139. The van der Waals surface area contributed by atoms with Gasteiger partial charge in [-0.25, -0.2) is 8.42 Å². The molecule has 8 heteroatoms. The fourth-order valence-corrected chi connectivity index (χ4v) is 5.09. The number of benzene rings is 2. The van der Waals surface area contributed by atoms with Crippen LogP contribution < -0.4 is 4.74 Å². The molecule has 142 valence electrons. The van der Waals surface area contributed by atoms with Crippen LogP contribution in [-0.2, 0) is 21.2 Å². The number of hydrogen-bond acceptors (Lipinski definition) is 4. The highest BCUT2D eigenvalue weighted by Gasteiger charge is 2.36. The van der Waals surface area contributed by atoms with Crippen molar-refractivity contribution in [2.24, 2.45) is 0 Å². The third-order valence-corrected chi connectivity index (χ3v) is 7.05. The number of fused-ring (bicyclic) bond motifs is 1. The molecule has 2 aromatic carbocycles. The molecule has 2 heterocycles. The number of piperazine rings is 1. The summed E-state index contributed by atoms with van der Waals surface area (Å²) in [5, 5.41) is 0.616. The first-order valence-corrected chi connectivity index (χ1v) is 10.6. The summed E-state index contributed by atoms with van der Waals surface area (Å²) in [5.74, 6) is 0.571. The zero-order valence-electron chi connectivity index (χ0n) is 14.5. The van der Waals surface area contributed by atoms with E-state index in [0.29, 0.717) is 30.3 Å². The smallest absolute Gasteiger partial charge is 0.264 e. The van der Waals surface area contributed by atoms with Crippen molar-refractivity contribution in [3.05, 3.63) is 59.1 Å². The van der Waals surface area contributed by atoms with Crippen LogP contribution in [0.3, 0.4) is 0 Å². The largest absolute Gasteiger partial charge is 0.480 e. The lowest BCUT2D eigenvalue weighted by atomic mass is 10.1. The predicted molar refractivity (Wildman–Crippen MR) is 101 cm³/mol. The first-order valence-electron chi connectivity index (χ1n) is 8.74. The molecular weight excluding hydrogens is 388 g/mol. The minimum atomic E-state index is -3.53. The molecule has 27 heavy (non-hydrogen) atoms. The first-order chi connectivity index (χ1) is 12.9. The van der Waals surface area contributed by atoms with E-state index in [9.17, 15) is 13.2 Å². The van der Waals surface area contributed by atoms with Gasteiger partial charge in [-0.15, -0.1) is 0 Å². The summed E-state index contributed by atoms with van der Waals surface area (Å²) in [5.41, 5.74) is 0.922. The van der Waals surface area contributed by atoms with Gasteiger partial charge in [-0.05, 0) is 35.9 Å². The highest BCUT2D eigenvalue weighted by Crippen LogP contribution is 2.32. The molecule has 1 unspecified atom stereocenters. The van der Waals surface area contributed by atoms with Crippen molar-refractivity contribution in [2.45, 2.75) is 17.4 Å². The molecule has 0 N–H and O–H groups in total. The molecule has 0 aliphatic carbocycles. The molecule has 2 aromatic rings. The Balaban J connectivity index is 1.39. The molecule has 2 aliphatic heterocycles. The van der Waals surface area contributed by atoms with Crippen molar-refractivity contribution < 1.29 is 17.9 Å². The molecule has 1 amide bonds. The van der Waals surface area contributed by atoms with Crippen molar-refractivity contribution in [1.29, 1.82) is 0 Å². The average Bonchev–Trinajstić information content (AvgIpc) is 3.11. The maximum absolute atomic E-state index is 12.8. The van der Waals surface area contributed by atoms with E-state index in [1.54, 1.807) is 47.4 Å². The van der Waals surface area contributed by atoms with Gasteiger partial charge in [0.2, 0.25) is 10.0 Å². The van der Waals surface area contributed by atoms with Crippen LogP contribution in [0.2, 0.25) is 5.02 Å². The van der Waals surface area contributed by atoms with Gasteiger partial charge in [0.25, 0.3) is 5.91 Å². The number of carbonyl (C=O) groups excluding carboxylic acids is 1. The average molecular weight is 407 g/mol. The summed E-state index contributed by atoms with van der Waals surface area (Å²) < 4.78 is 32.6. The van der Waals surface area contributed by atoms with Crippen LogP contribution in [0, 0.1) is 0 Å². The van der Waals surface area contributed by atoms with Gasteiger partial charge in [-0.2, -0.15) is 4.31 Å². The Hall–Kier alpha value is -2.09. The van der Waals surface area contributed by atoms with Gasteiger partial charge in [0, 0.05) is 37.6 Å². The normalized spacial score (nSPS) is 20.2. The second-order valence-corrected chi connectivity index (χ2v) is 8.98. The van der Waals surface area contributed by atoms with E-state index in [-0.39, 0.29) is 23.9 Å². The van der Waals surface area contributed by atoms with Crippen LogP contribution in [0.25, 0.3) is 0 Å². The molecule has 0 saturated carbocycles. The second kappa shape index (κ2) is 7.14. The summed E-state index contributed by atoms with van der Waals surface area (Å²) in [6.07, 6.45) is -0.0900. The van der Waals surface area contributed by atoms with Gasteiger partial charge >= 0.3 is 0 Å². The molecule has 0 aromatic heterocycles. The maximum atomic E-state index is 12.8. The van der Waals surface area contributed by atoms with Crippen molar-refractivity contribution in [1.82, 2.24) is 9.21 Å². The summed E-state index contributed by atoms with van der Waals surface area (Å²) >= 11 is 6.00. The van der Waals surface area contributed by atoms with Crippen molar-refractivity contribution >= 4 is 27.5 Å². The first kappa shape index (κ1) is 18.3. The minimum Gasteiger partial charge on any atom is -0.480 e. The van der Waals surface area contributed by atoms with Crippen molar-refractivity contribution in [3.8, 4) is 5.75 Å². The lowest BCUT2D eigenvalue weighted by Crippen LogP contribution is -2.53. The molecule has 6 nitrogen and oxygen atoms in total. The van der Waals surface area contributed by atoms with Crippen LogP contribution >= 0.6 is 11.6 Å².